The first-order valence-corrected chi connectivity index (χ1v) is 7.11. The Morgan fingerprint density at radius 2 is 2.05 bits per heavy atom. The summed E-state index contributed by atoms with van der Waals surface area (Å²) in [7, 11) is 3.97. The Labute approximate surface area is 127 Å². The number of halogens is 2. The zero-order valence-corrected chi connectivity index (χ0v) is 13.3. The lowest BCUT2D eigenvalue weighted by Gasteiger charge is -2.21. The summed E-state index contributed by atoms with van der Waals surface area (Å²) in [6.45, 7) is 2.03. The van der Waals surface area contributed by atoms with E-state index >= 15 is 0 Å². The van der Waals surface area contributed by atoms with Crippen molar-refractivity contribution in [2.75, 3.05) is 24.3 Å². The van der Waals surface area contributed by atoms with Crippen molar-refractivity contribution in [1.82, 2.24) is 4.98 Å². The van der Waals surface area contributed by atoms with Crippen LogP contribution in [0.4, 0.5) is 15.8 Å². The summed E-state index contributed by atoms with van der Waals surface area (Å²) in [4.78, 5) is 6.17. The summed E-state index contributed by atoms with van der Waals surface area (Å²) in [5, 5.41) is 3.41. The molecule has 3 nitrogen and oxygen atoms in total. The van der Waals surface area contributed by atoms with Gasteiger partial charge in [0.1, 0.15) is 5.82 Å². The second kappa shape index (κ2) is 6.22. The molecule has 2 aromatic rings. The molecular weight excluding hydrogens is 321 g/mol. The zero-order valence-electron chi connectivity index (χ0n) is 11.7. The molecule has 106 valence electrons. The van der Waals surface area contributed by atoms with Crippen molar-refractivity contribution < 1.29 is 4.39 Å². The number of hydrogen-bond donors (Lipinski definition) is 1. The van der Waals surface area contributed by atoms with Crippen LogP contribution in [0.2, 0.25) is 0 Å². The van der Waals surface area contributed by atoms with Gasteiger partial charge in [0.25, 0.3) is 0 Å². The Morgan fingerprint density at radius 3 is 2.70 bits per heavy atom. The van der Waals surface area contributed by atoms with Crippen molar-refractivity contribution in [2.24, 2.45) is 0 Å². The maximum atomic E-state index is 13.3. The first-order valence-electron chi connectivity index (χ1n) is 6.32. The summed E-state index contributed by atoms with van der Waals surface area (Å²) >= 11 is 3.21. The number of hydrogen-bond acceptors (Lipinski definition) is 3. The van der Waals surface area contributed by atoms with Gasteiger partial charge in [-0.15, -0.1) is 0 Å². The van der Waals surface area contributed by atoms with E-state index in [9.17, 15) is 4.39 Å². The lowest BCUT2D eigenvalue weighted by Crippen LogP contribution is -2.14. The van der Waals surface area contributed by atoms with E-state index in [4.69, 9.17) is 0 Å². The van der Waals surface area contributed by atoms with E-state index in [1.165, 1.54) is 6.07 Å². The average molecular weight is 338 g/mol. The Kier molecular flexibility index (Phi) is 4.60. The Hall–Kier alpha value is -1.62. The van der Waals surface area contributed by atoms with Crippen LogP contribution in [0.5, 0.6) is 0 Å². The second-order valence-corrected chi connectivity index (χ2v) is 5.68. The number of nitrogens with zero attached hydrogens (tertiary/aromatic N) is 2. The molecule has 2 rings (SSSR count). The first kappa shape index (κ1) is 14.8. The highest BCUT2D eigenvalue weighted by Crippen LogP contribution is 2.28. The summed E-state index contributed by atoms with van der Waals surface area (Å²) in [6.07, 6.45) is 3.56. The van der Waals surface area contributed by atoms with Crippen LogP contribution in [-0.2, 0) is 0 Å². The van der Waals surface area contributed by atoms with Crippen LogP contribution >= 0.6 is 15.9 Å². The fraction of sp³-hybridized carbons (Fsp3) is 0.267. The van der Waals surface area contributed by atoms with Gasteiger partial charge in [-0.05, 0) is 46.6 Å². The highest BCUT2D eigenvalue weighted by Gasteiger charge is 2.11. The van der Waals surface area contributed by atoms with Crippen LogP contribution < -0.4 is 10.2 Å². The minimum Gasteiger partial charge on any atom is -0.376 e. The molecule has 0 aliphatic heterocycles. The third kappa shape index (κ3) is 3.28. The first-order chi connectivity index (χ1) is 9.49. The number of aromatic nitrogens is 1. The Bertz CT molecular complexity index is 601. The van der Waals surface area contributed by atoms with Gasteiger partial charge in [-0.25, -0.2) is 4.39 Å². The summed E-state index contributed by atoms with van der Waals surface area (Å²) in [5.41, 5.74) is 3.02. The predicted octanol–water partition coefficient (Wildman–Crippen LogP) is 4.22. The number of benzene rings is 1. The SMILES string of the molecule is CC(Nc1cnccc1N(C)C)c1ccc(F)c(Br)c1. The molecule has 1 unspecified atom stereocenters. The lowest BCUT2D eigenvalue weighted by atomic mass is 10.1. The third-order valence-electron chi connectivity index (χ3n) is 3.10. The molecule has 1 N–H and O–H groups in total. The molecule has 20 heavy (non-hydrogen) atoms. The molecule has 0 aliphatic carbocycles. The van der Waals surface area contributed by atoms with Crippen LogP contribution in [0.1, 0.15) is 18.5 Å². The van der Waals surface area contributed by atoms with Gasteiger partial charge in [0, 0.05) is 26.3 Å². The summed E-state index contributed by atoms with van der Waals surface area (Å²) in [5.74, 6) is -0.253. The predicted molar refractivity (Wildman–Crippen MR) is 84.7 cm³/mol. The molecular formula is C15H17BrFN3. The molecule has 0 fully saturated rings. The van der Waals surface area contributed by atoms with Crippen LogP contribution in [0.15, 0.2) is 41.1 Å². The smallest absolute Gasteiger partial charge is 0.137 e. The minimum absolute atomic E-state index is 0.0507. The van der Waals surface area contributed by atoms with Crippen molar-refractivity contribution in [3.05, 3.63) is 52.5 Å². The largest absolute Gasteiger partial charge is 0.376 e. The van der Waals surface area contributed by atoms with Crippen molar-refractivity contribution in [3.8, 4) is 0 Å². The van der Waals surface area contributed by atoms with E-state index in [2.05, 4.69) is 26.2 Å². The molecule has 0 saturated heterocycles. The quantitative estimate of drug-likeness (QED) is 0.905. The summed E-state index contributed by atoms with van der Waals surface area (Å²) < 4.78 is 13.7. The molecule has 1 aromatic carbocycles. The number of anilines is 2. The van der Waals surface area contributed by atoms with Crippen LogP contribution in [0, 0.1) is 5.82 Å². The average Bonchev–Trinajstić information content (AvgIpc) is 2.42. The van der Waals surface area contributed by atoms with E-state index in [1.807, 2.05) is 32.0 Å². The molecule has 1 heterocycles. The van der Waals surface area contributed by atoms with Gasteiger partial charge >= 0.3 is 0 Å². The standard InChI is InChI=1S/C15H17BrFN3/c1-10(11-4-5-13(17)12(16)8-11)19-14-9-18-7-6-15(14)20(2)3/h4-10,19H,1-3H3. The summed E-state index contributed by atoms with van der Waals surface area (Å²) in [6, 6.07) is 7.04. The number of rotatable bonds is 4. The fourth-order valence-electron chi connectivity index (χ4n) is 1.99. The van der Waals surface area contributed by atoms with Crippen LogP contribution in [-0.4, -0.2) is 19.1 Å². The van der Waals surface area contributed by atoms with Gasteiger partial charge in [0.2, 0.25) is 0 Å². The molecule has 0 radical (unpaired) electrons. The van der Waals surface area contributed by atoms with E-state index in [0.717, 1.165) is 16.9 Å². The molecule has 0 aliphatic rings. The number of nitrogens with one attached hydrogen (secondary N) is 1. The molecule has 0 bridgehead atoms. The molecule has 0 amide bonds. The van der Waals surface area contributed by atoms with Crippen LogP contribution in [0.3, 0.4) is 0 Å². The van der Waals surface area contributed by atoms with Gasteiger partial charge in [0.15, 0.2) is 0 Å². The van der Waals surface area contributed by atoms with Crippen molar-refractivity contribution in [3.63, 3.8) is 0 Å². The van der Waals surface area contributed by atoms with E-state index < -0.39 is 0 Å². The third-order valence-corrected chi connectivity index (χ3v) is 3.70. The van der Waals surface area contributed by atoms with Gasteiger partial charge in [-0.1, -0.05) is 6.07 Å². The van der Waals surface area contributed by atoms with Crippen molar-refractivity contribution in [1.29, 1.82) is 0 Å². The highest BCUT2D eigenvalue weighted by molar-refractivity contribution is 9.10. The normalized spacial score (nSPS) is 12.1. The zero-order chi connectivity index (χ0) is 14.7. The van der Waals surface area contributed by atoms with Gasteiger partial charge in [0.05, 0.1) is 22.0 Å². The Balaban J connectivity index is 2.23. The number of pyridine rings is 1. The van der Waals surface area contributed by atoms with E-state index in [-0.39, 0.29) is 11.9 Å². The van der Waals surface area contributed by atoms with Gasteiger partial charge < -0.3 is 10.2 Å². The highest BCUT2D eigenvalue weighted by atomic mass is 79.9. The second-order valence-electron chi connectivity index (χ2n) is 4.83. The molecule has 5 heteroatoms. The molecule has 0 spiro atoms. The van der Waals surface area contributed by atoms with Crippen molar-refractivity contribution >= 4 is 27.3 Å². The fourth-order valence-corrected chi connectivity index (χ4v) is 2.38. The topological polar surface area (TPSA) is 28.2 Å². The Morgan fingerprint density at radius 1 is 1.30 bits per heavy atom. The van der Waals surface area contributed by atoms with E-state index in [0.29, 0.717) is 4.47 Å². The van der Waals surface area contributed by atoms with E-state index in [1.54, 1.807) is 24.5 Å². The molecule has 0 saturated carbocycles. The molecule has 1 atom stereocenters. The monoisotopic (exact) mass is 337 g/mol. The maximum Gasteiger partial charge on any atom is 0.137 e. The maximum absolute atomic E-state index is 13.3. The van der Waals surface area contributed by atoms with Gasteiger partial charge in [-0.2, -0.15) is 0 Å². The lowest BCUT2D eigenvalue weighted by molar-refractivity contribution is 0.619. The van der Waals surface area contributed by atoms with Crippen LogP contribution in [0.25, 0.3) is 0 Å². The minimum atomic E-state index is -0.253. The van der Waals surface area contributed by atoms with Crippen molar-refractivity contribution in [2.45, 2.75) is 13.0 Å². The van der Waals surface area contributed by atoms with Gasteiger partial charge in [-0.3, -0.25) is 4.98 Å². The molecule has 1 aromatic heterocycles.